The van der Waals surface area contributed by atoms with Gasteiger partial charge in [-0.15, -0.1) is 0 Å². The molecule has 3 aromatic carbocycles. The Labute approximate surface area is 310 Å². The predicted octanol–water partition coefficient (Wildman–Crippen LogP) is 8.26. The first-order chi connectivity index (χ1) is 25.7. The van der Waals surface area contributed by atoms with Crippen LogP contribution in [0.15, 0.2) is 85.1 Å². The molecule has 5 aromatic rings. The lowest BCUT2D eigenvalue weighted by Crippen LogP contribution is -2.40. The van der Waals surface area contributed by atoms with E-state index in [1.54, 1.807) is 33.8 Å². The number of methoxy groups -OCH3 is 1. The fourth-order valence-corrected chi connectivity index (χ4v) is 6.93. The van der Waals surface area contributed by atoms with E-state index in [-0.39, 0.29) is 30.9 Å². The van der Waals surface area contributed by atoms with Crippen LogP contribution in [0.4, 0.5) is 13.2 Å². The van der Waals surface area contributed by atoms with Crippen LogP contribution in [-0.4, -0.2) is 58.1 Å². The van der Waals surface area contributed by atoms with Crippen molar-refractivity contribution in [3.05, 3.63) is 107 Å². The van der Waals surface area contributed by atoms with E-state index < -0.39 is 50.0 Å². The number of hydrogen-bond donors (Lipinski definition) is 1. The maximum absolute atomic E-state index is 14.1. The van der Waals surface area contributed by atoms with E-state index in [2.05, 4.69) is 15.4 Å². The quantitative estimate of drug-likeness (QED) is 0.0923. The summed E-state index contributed by atoms with van der Waals surface area (Å²) >= 11 is 0. The Bertz CT molecular complexity index is 2090. The molecule has 2 aromatic heterocycles. The molecule has 1 saturated carbocycles. The highest BCUT2D eigenvalue weighted by Crippen LogP contribution is 2.55. The van der Waals surface area contributed by atoms with Crippen LogP contribution in [0.25, 0.3) is 16.9 Å². The number of phosphoric acid groups is 1. The van der Waals surface area contributed by atoms with E-state index in [1.165, 1.54) is 30.0 Å². The number of rotatable bonds is 17. The molecule has 6 rings (SSSR count). The average molecular weight is 769 g/mol. The number of imidazole rings is 1. The van der Waals surface area contributed by atoms with Crippen LogP contribution in [-0.2, 0) is 31.4 Å². The lowest BCUT2D eigenvalue weighted by atomic mass is 10.0. The third kappa shape index (κ3) is 9.22. The summed E-state index contributed by atoms with van der Waals surface area (Å²) in [5, 5.41) is 7.11. The van der Waals surface area contributed by atoms with Gasteiger partial charge in [-0.25, -0.2) is 18.5 Å². The van der Waals surface area contributed by atoms with E-state index >= 15 is 0 Å². The van der Waals surface area contributed by atoms with Gasteiger partial charge in [-0.3, -0.25) is 18.4 Å². The molecule has 1 aliphatic carbocycles. The molecule has 0 saturated heterocycles. The maximum atomic E-state index is 14.1. The van der Waals surface area contributed by atoms with Gasteiger partial charge in [0, 0.05) is 18.1 Å². The van der Waals surface area contributed by atoms with Crippen molar-refractivity contribution in [2.24, 2.45) is 0 Å². The van der Waals surface area contributed by atoms with Gasteiger partial charge in [-0.1, -0.05) is 60.7 Å². The van der Waals surface area contributed by atoms with E-state index in [9.17, 15) is 22.5 Å². The van der Waals surface area contributed by atoms with Gasteiger partial charge < -0.3 is 19.5 Å². The molecular weight excluding hydrogens is 728 g/mol. The molecule has 1 amide bonds. The average Bonchev–Trinajstić information content (AvgIpc) is 3.68. The number of carbonyl (C=O) groups excluding carboxylic acids is 1. The maximum Gasteiger partial charge on any atom is 0.476 e. The summed E-state index contributed by atoms with van der Waals surface area (Å²) in [6.07, 6.45) is -0.345. The molecule has 0 unspecified atom stereocenters. The number of aromatic nitrogens is 3. The number of aryl methyl sites for hydroxylation is 1. The third-order valence-corrected chi connectivity index (χ3v) is 10.4. The summed E-state index contributed by atoms with van der Waals surface area (Å²) in [5.74, 6) is -1.01. The second-order valence-electron chi connectivity index (χ2n) is 13.2. The normalized spacial score (nSPS) is 16.3. The van der Waals surface area contributed by atoms with E-state index in [4.69, 9.17) is 27.8 Å². The van der Waals surface area contributed by atoms with E-state index in [1.807, 2.05) is 60.7 Å². The van der Waals surface area contributed by atoms with Gasteiger partial charge in [0.15, 0.2) is 5.65 Å². The number of halogens is 3. The van der Waals surface area contributed by atoms with Crippen LogP contribution in [0.5, 0.6) is 17.2 Å². The highest BCUT2D eigenvalue weighted by molar-refractivity contribution is 7.48. The lowest BCUT2D eigenvalue weighted by molar-refractivity contribution is -0.0502. The summed E-state index contributed by atoms with van der Waals surface area (Å²) in [7, 11) is -2.90. The molecule has 2 heterocycles. The number of benzene rings is 3. The summed E-state index contributed by atoms with van der Waals surface area (Å²) < 4.78 is 90.4. The predicted molar refractivity (Wildman–Crippen MR) is 192 cm³/mol. The molecule has 1 aliphatic rings. The Kier molecular flexibility index (Phi) is 11.6. The van der Waals surface area contributed by atoms with Gasteiger partial charge in [0.25, 0.3) is 5.91 Å². The number of fused-ring (bicyclic) bond motifs is 1. The molecule has 16 heteroatoms. The lowest BCUT2D eigenvalue weighted by Gasteiger charge is -2.34. The zero-order chi connectivity index (χ0) is 38.6. The van der Waals surface area contributed by atoms with Gasteiger partial charge in [-0.05, 0) is 51.0 Å². The van der Waals surface area contributed by atoms with Crippen LogP contribution in [0.1, 0.15) is 54.4 Å². The number of alkyl halides is 3. The van der Waals surface area contributed by atoms with Gasteiger partial charge >= 0.3 is 14.4 Å². The Hall–Kier alpha value is -4.95. The highest BCUT2D eigenvalue weighted by Gasteiger charge is 2.41. The number of ether oxygens (including phenoxy) is 3. The summed E-state index contributed by atoms with van der Waals surface area (Å²) in [4.78, 5) is 17.4. The molecule has 12 nitrogen and oxygen atoms in total. The number of phosphoric ester groups is 1. The first kappa shape index (κ1) is 38.8. The molecule has 0 bridgehead atoms. The minimum Gasteiger partial charge on any atom is -0.496 e. The first-order valence-corrected chi connectivity index (χ1v) is 18.5. The number of nitrogens with one attached hydrogen (secondary N) is 1. The smallest absolute Gasteiger partial charge is 0.476 e. The minimum atomic E-state index is -4.17. The fraction of sp³-hybridized carbons (Fsp3) is 0.342. The molecule has 3 atom stereocenters. The molecule has 0 aliphatic heterocycles. The highest BCUT2D eigenvalue weighted by atomic mass is 31.2. The minimum absolute atomic E-state index is 0.0162. The third-order valence-electron chi connectivity index (χ3n) is 8.78. The molecular formula is C38H40F3N4O8P. The van der Waals surface area contributed by atoms with Crippen molar-refractivity contribution in [3.8, 4) is 28.5 Å². The van der Waals surface area contributed by atoms with Crippen LogP contribution in [0.2, 0.25) is 0 Å². The molecule has 286 valence electrons. The van der Waals surface area contributed by atoms with Crippen LogP contribution in [0, 0.1) is 6.92 Å². The summed E-state index contributed by atoms with van der Waals surface area (Å²) in [6, 6.07) is 22.1. The van der Waals surface area contributed by atoms with Gasteiger partial charge in [0.2, 0.25) is 0 Å². The van der Waals surface area contributed by atoms with Crippen molar-refractivity contribution in [1.29, 1.82) is 0 Å². The molecule has 0 spiro atoms. The molecule has 1 N–H and O–H groups in total. The summed E-state index contributed by atoms with van der Waals surface area (Å²) in [5.41, 5.74) is 1.45. The van der Waals surface area contributed by atoms with E-state index in [0.29, 0.717) is 28.3 Å². The van der Waals surface area contributed by atoms with Gasteiger partial charge in [0.1, 0.15) is 46.4 Å². The number of amides is 1. The largest absolute Gasteiger partial charge is 0.496 e. The van der Waals surface area contributed by atoms with Crippen molar-refractivity contribution in [2.75, 3.05) is 7.11 Å². The van der Waals surface area contributed by atoms with Crippen molar-refractivity contribution >= 4 is 19.4 Å². The Morgan fingerprint density at radius 1 is 0.963 bits per heavy atom. The van der Waals surface area contributed by atoms with Crippen molar-refractivity contribution in [3.63, 3.8) is 0 Å². The van der Waals surface area contributed by atoms with Gasteiger partial charge in [0.05, 0.1) is 38.3 Å². The summed E-state index contributed by atoms with van der Waals surface area (Å²) in [6.45, 7) is 3.55. The second kappa shape index (κ2) is 16.2. The Morgan fingerprint density at radius 2 is 1.56 bits per heavy atom. The molecule has 0 radical (unpaired) electrons. The second-order valence-corrected chi connectivity index (χ2v) is 14.8. The Balaban J connectivity index is 1.23. The zero-order valence-electron chi connectivity index (χ0n) is 30.2. The number of hydrogen-bond acceptors (Lipinski definition) is 10. The number of carbonyl (C=O) groups is 1. The van der Waals surface area contributed by atoms with Gasteiger partial charge in [-0.2, -0.15) is 13.9 Å². The zero-order valence-corrected chi connectivity index (χ0v) is 31.1. The SMILES string of the molecule is COc1cc(-c2cnc3cc(O[C@@H](C)C(C)(C)OP(=O)(OCc4ccccc4)OCc4ccccc4)c(C)nn23)cc(OC(F)F)c1C(=O)N[C@@H]1C[C@@H]1F. The van der Waals surface area contributed by atoms with Crippen molar-refractivity contribution < 1.29 is 50.3 Å². The van der Waals surface area contributed by atoms with E-state index in [0.717, 1.165) is 11.1 Å². The first-order valence-electron chi connectivity index (χ1n) is 17.1. The Morgan fingerprint density at radius 3 is 2.11 bits per heavy atom. The number of nitrogens with zero attached hydrogens (tertiary/aromatic N) is 3. The molecule has 1 fully saturated rings. The monoisotopic (exact) mass is 768 g/mol. The molecule has 54 heavy (non-hydrogen) atoms. The van der Waals surface area contributed by atoms with Crippen LogP contribution >= 0.6 is 7.82 Å². The standard InChI is InChI=1S/C38H40F3N4O8P/c1-23-31(51-24(2)38(3,4)53-54(47,49-21-25-12-8-6-9-13-25)50-22-26-14-10-7-11-15-26)19-34-42-20-30(45(34)44-23)27-16-32(48-5)35(33(17-27)52-37(40)41)36(46)43-29-18-28(29)39/h6-17,19-20,24,28-29,37H,18,21-22H2,1-5H3,(H,43,46)/t24-,28-,29+/m0/s1. The van der Waals surface area contributed by atoms with Crippen LogP contribution < -0.4 is 19.5 Å². The van der Waals surface area contributed by atoms with Crippen molar-refractivity contribution in [2.45, 2.75) is 77.9 Å². The van der Waals surface area contributed by atoms with Crippen molar-refractivity contribution in [1.82, 2.24) is 19.9 Å². The topological polar surface area (TPSA) is 132 Å². The van der Waals surface area contributed by atoms with Crippen LogP contribution in [0.3, 0.4) is 0 Å². The fourth-order valence-electron chi connectivity index (χ4n) is 5.41.